The van der Waals surface area contributed by atoms with E-state index in [1.54, 1.807) is 0 Å². The summed E-state index contributed by atoms with van der Waals surface area (Å²) in [6, 6.07) is 6.13. The molecule has 0 N–H and O–H groups in total. The predicted molar refractivity (Wildman–Crippen MR) is 62.6 cm³/mol. The molecule has 1 aromatic heterocycles. The summed E-state index contributed by atoms with van der Waals surface area (Å²) in [7, 11) is 0. The number of fused-ring (bicyclic) bond motifs is 1. The maximum atomic E-state index is 4.18. The van der Waals surface area contributed by atoms with Crippen LogP contribution in [0.3, 0.4) is 0 Å². The van der Waals surface area contributed by atoms with Crippen LogP contribution in [0, 0.1) is 5.92 Å². The first kappa shape index (κ1) is 9.33. The van der Waals surface area contributed by atoms with E-state index in [1.165, 1.54) is 19.3 Å². The van der Waals surface area contributed by atoms with Crippen molar-refractivity contribution >= 4 is 27.0 Å². The number of rotatable bonds is 3. The van der Waals surface area contributed by atoms with Crippen molar-refractivity contribution in [1.82, 2.24) is 15.0 Å². The average Bonchev–Trinajstić information content (AvgIpc) is 2.97. The molecule has 0 atom stereocenters. The summed E-state index contributed by atoms with van der Waals surface area (Å²) < 4.78 is 3.07. The van der Waals surface area contributed by atoms with Crippen molar-refractivity contribution in [3.63, 3.8) is 0 Å². The lowest BCUT2D eigenvalue weighted by Crippen LogP contribution is -2.00. The lowest BCUT2D eigenvalue weighted by Gasteiger charge is -2.00. The second-order valence-electron chi connectivity index (χ2n) is 4.18. The minimum Gasteiger partial charge on any atom is -0.245 e. The first-order valence-corrected chi connectivity index (χ1v) is 6.11. The van der Waals surface area contributed by atoms with E-state index in [2.05, 4.69) is 32.3 Å². The summed E-state index contributed by atoms with van der Waals surface area (Å²) in [5.41, 5.74) is 2.11. The van der Waals surface area contributed by atoms with E-state index < -0.39 is 0 Å². The number of aromatic nitrogens is 3. The third-order valence-electron chi connectivity index (χ3n) is 2.92. The Morgan fingerprint density at radius 2 is 2.27 bits per heavy atom. The predicted octanol–water partition coefficient (Wildman–Crippen LogP) is 2.99. The molecular weight excluding hydrogens is 254 g/mol. The van der Waals surface area contributed by atoms with Gasteiger partial charge < -0.3 is 0 Å². The molecule has 0 saturated heterocycles. The molecule has 1 heterocycles. The molecule has 0 amide bonds. The molecule has 0 unspecified atom stereocenters. The number of aryl methyl sites for hydroxylation is 1. The monoisotopic (exact) mass is 265 g/mol. The zero-order valence-corrected chi connectivity index (χ0v) is 9.94. The van der Waals surface area contributed by atoms with E-state index in [4.69, 9.17) is 0 Å². The number of halogens is 1. The SMILES string of the molecule is Brc1ccc2c(c1)nnn2CCC1CC1. The Labute approximate surface area is 96.6 Å². The molecule has 3 rings (SSSR count). The highest BCUT2D eigenvalue weighted by molar-refractivity contribution is 9.10. The van der Waals surface area contributed by atoms with Crippen molar-refractivity contribution in [2.75, 3.05) is 0 Å². The Bertz CT molecular complexity index is 488. The van der Waals surface area contributed by atoms with Gasteiger partial charge >= 0.3 is 0 Å². The van der Waals surface area contributed by atoms with E-state index in [0.29, 0.717) is 0 Å². The van der Waals surface area contributed by atoms with Crippen LogP contribution in [0.4, 0.5) is 0 Å². The highest BCUT2D eigenvalue weighted by Crippen LogP contribution is 2.33. The van der Waals surface area contributed by atoms with Crippen molar-refractivity contribution in [3.05, 3.63) is 22.7 Å². The number of hydrogen-bond acceptors (Lipinski definition) is 2. The van der Waals surface area contributed by atoms with Gasteiger partial charge in [-0.05, 0) is 30.5 Å². The maximum absolute atomic E-state index is 4.18. The molecule has 1 aliphatic carbocycles. The summed E-state index contributed by atoms with van der Waals surface area (Å²) >= 11 is 3.44. The largest absolute Gasteiger partial charge is 0.245 e. The summed E-state index contributed by atoms with van der Waals surface area (Å²) in [4.78, 5) is 0. The topological polar surface area (TPSA) is 30.7 Å². The Morgan fingerprint density at radius 3 is 3.07 bits per heavy atom. The molecule has 0 bridgehead atoms. The molecule has 0 radical (unpaired) electrons. The maximum Gasteiger partial charge on any atom is 0.114 e. The van der Waals surface area contributed by atoms with Gasteiger partial charge in [0.1, 0.15) is 5.52 Å². The van der Waals surface area contributed by atoms with Crippen LogP contribution in [-0.2, 0) is 6.54 Å². The normalized spacial score (nSPS) is 16.1. The Hall–Kier alpha value is -0.900. The van der Waals surface area contributed by atoms with Crippen LogP contribution in [0.1, 0.15) is 19.3 Å². The molecule has 0 aliphatic heterocycles. The third-order valence-corrected chi connectivity index (χ3v) is 3.42. The Morgan fingerprint density at radius 1 is 1.40 bits per heavy atom. The van der Waals surface area contributed by atoms with Crippen LogP contribution in [-0.4, -0.2) is 15.0 Å². The number of benzene rings is 1. The first-order chi connectivity index (χ1) is 7.33. The van der Waals surface area contributed by atoms with Crippen LogP contribution in [0.25, 0.3) is 11.0 Å². The van der Waals surface area contributed by atoms with Crippen LogP contribution in [0.2, 0.25) is 0 Å². The standard InChI is InChI=1S/C11H12BrN3/c12-9-3-4-11-10(7-9)13-14-15(11)6-5-8-1-2-8/h3-4,7-8H,1-2,5-6H2. The van der Waals surface area contributed by atoms with Crippen molar-refractivity contribution in [2.24, 2.45) is 5.92 Å². The summed E-state index contributed by atoms with van der Waals surface area (Å²) in [5.74, 6) is 0.944. The fourth-order valence-corrected chi connectivity index (χ4v) is 2.17. The zero-order chi connectivity index (χ0) is 10.3. The second-order valence-corrected chi connectivity index (χ2v) is 5.09. The highest BCUT2D eigenvalue weighted by Gasteiger charge is 2.21. The van der Waals surface area contributed by atoms with Gasteiger partial charge in [0.15, 0.2) is 0 Å². The lowest BCUT2D eigenvalue weighted by atomic mass is 10.3. The van der Waals surface area contributed by atoms with Crippen LogP contribution in [0.5, 0.6) is 0 Å². The van der Waals surface area contributed by atoms with Crippen LogP contribution in [0.15, 0.2) is 22.7 Å². The van der Waals surface area contributed by atoms with Gasteiger partial charge in [-0.15, -0.1) is 5.10 Å². The van der Waals surface area contributed by atoms with Gasteiger partial charge in [0.2, 0.25) is 0 Å². The van der Waals surface area contributed by atoms with Crippen LogP contribution >= 0.6 is 15.9 Å². The second kappa shape index (κ2) is 3.59. The molecule has 2 aromatic rings. The van der Waals surface area contributed by atoms with Gasteiger partial charge in [-0.3, -0.25) is 0 Å². The summed E-state index contributed by atoms with van der Waals surface area (Å²) in [5, 5.41) is 8.34. The fraction of sp³-hybridized carbons (Fsp3) is 0.455. The molecule has 0 spiro atoms. The van der Waals surface area contributed by atoms with Crippen molar-refractivity contribution in [1.29, 1.82) is 0 Å². The fourth-order valence-electron chi connectivity index (χ4n) is 1.82. The molecule has 15 heavy (non-hydrogen) atoms. The van der Waals surface area contributed by atoms with Gasteiger partial charge in [0.05, 0.1) is 5.52 Å². The average molecular weight is 266 g/mol. The minimum atomic E-state index is 0.944. The van der Waals surface area contributed by atoms with Crippen molar-refractivity contribution in [2.45, 2.75) is 25.8 Å². The van der Waals surface area contributed by atoms with Crippen molar-refractivity contribution in [3.8, 4) is 0 Å². The number of nitrogens with zero attached hydrogens (tertiary/aromatic N) is 3. The molecule has 78 valence electrons. The third kappa shape index (κ3) is 1.91. The van der Waals surface area contributed by atoms with E-state index in [1.807, 2.05) is 16.8 Å². The summed E-state index contributed by atoms with van der Waals surface area (Å²) in [6.07, 6.45) is 4.05. The van der Waals surface area contributed by atoms with E-state index in [0.717, 1.165) is 28.0 Å². The van der Waals surface area contributed by atoms with Gasteiger partial charge in [0, 0.05) is 11.0 Å². The zero-order valence-electron chi connectivity index (χ0n) is 8.36. The molecule has 1 aromatic carbocycles. The minimum absolute atomic E-state index is 0.944. The van der Waals surface area contributed by atoms with Gasteiger partial charge in [-0.2, -0.15) is 0 Å². The quantitative estimate of drug-likeness (QED) is 0.855. The molecule has 1 saturated carbocycles. The molecule has 1 aliphatic rings. The van der Waals surface area contributed by atoms with Crippen LogP contribution < -0.4 is 0 Å². The smallest absolute Gasteiger partial charge is 0.114 e. The Kier molecular flexibility index (Phi) is 2.24. The highest BCUT2D eigenvalue weighted by atomic mass is 79.9. The van der Waals surface area contributed by atoms with Gasteiger partial charge in [0.25, 0.3) is 0 Å². The molecule has 3 nitrogen and oxygen atoms in total. The number of hydrogen-bond donors (Lipinski definition) is 0. The van der Waals surface area contributed by atoms with Gasteiger partial charge in [-0.1, -0.05) is 34.0 Å². The Balaban J connectivity index is 1.89. The summed E-state index contributed by atoms with van der Waals surface area (Å²) in [6.45, 7) is 1.00. The van der Waals surface area contributed by atoms with E-state index in [-0.39, 0.29) is 0 Å². The molecule has 4 heteroatoms. The van der Waals surface area contributed by atoms with E-state index >= 15 is 0 Å². The van der Waals surface area contributed by atoms with E-state index in [9.17, 15) is 0 Å². The first-order valence-electron chi connectivity index (χ1n) is 5.32. The lowest BCUT2D eigenvalue weighted by molar-refractivity contribution is 0.544. The van der Waals surface area contributed by atoms with Gasteiger partial charge in [-0.25, -0.2) is 4.68 Å². The molecule has 1 fully saturated rings. The molecular formula is C11H12BrN3. The van der Waals surface area contributed by atoms with Crippen molar-refractivity contribution < 1.29 is 0 Å².